The van der Waals surface area contributed by atoms with Gasteiger partial charge in [-0.1, -0.05) is 72.8 Å². The molecule has 0 bridgehead atoms. The molecular weight excluding hydrogens is 844 g/mol. The number of nitrogens with zero attached hydrogens (tertiary/aromatic N) is 2. The quantitative estimate of drug-likeness (QED) is 0.0751. The number of nitrogens with one attached hydrogen (secondary N) is 2. The number of methoxy groups -OCH3 is 1. The minimum atomic E-state index is -4.12. The molecule has 328 valence electrons. The number of benzene rings is 3. The number of aromatic nitrogens is 4. The average molecular weight is 891 g/mol. The molecule has 62 heavy (non-hydrogen) atoms. The number of esters is 1. The maximum absolute atomic E-state index is 14.6. The fourth-order valence-electron chi connectivity index (χ4n) is 7.68. The zero-order valence-corrected chi connectivity index (χ0v) is 36.3. The van der Waals surface area contributed by atoms with Gasteiger partial charge >= 0.3 is 24.1 Å². The number of aromatic amines is 2. The topological polar surface area (TPSA) is 208 Å². The van der Waals surface area contributed by atoms with Crippen molar-refractivity contribution >= 4 is 24.1 Å². The molecule has 4 heterocycles. The number of carbonyl (C=O) groups excluding carboxylic acids is 1. The first-order chi connectivity index (χ1) is 29.7. The Kier molecular flexibility index (Phi) is 13.7. The zero-order valence-electron chi connectivity index (χ0n) is 34.6. The molecule has 2 N–H and O–H groups in total. The van der Waals surface area contributed by atoms with Crippen molar-refractivity contribution in [3.8, 4) is 5.75 Å². The fourth-order valence-corrected chi connectivity index (χ4v) is 11.4. The first-order valence-electron chi connectivity index (χ1n) is 19.7. The average Bonchev–Trinajstić information content (AvgIpc) is 3.86. The van der Waals surface area contributed by atoms with Crippen molar-refractivity contribution in [2.45, 2.75) is 75.2 Å². The van der Waals surface area contributed by atoms with E-state index in [1.165, 1.54) is 42.5 Å². The van der Waals surface area contributed by atoms with Crippen molar-refractivity contribution < 1.29 is 42.1 Å². The number of carbonyl (C=O) groups is 1. The molecule has 0 aliphatic carbocycles. The lowest BCUT2D eigenvalue weighted by Crippen LogP contribution is -2.37. The molecule has 3 aromatic carbocycles. The number of H-pyrrole nitrogens is 2. The summed E-state index contributed by atoms with van der Waals surface area (Å²) in [7, 11) is 2.82. The Morgan fingerprint density at radius 3 is 1.79 bits per heavy atom. The lowest BCUT2D eigenvalue weighted by atomic mass is 9.80. The van der Waals surface area contributed by atoms with E-state index >= 15 is 0 Å². The highest BCUT2D eigenvalue weighted by Gasteiger charge is 2.47. The number of rotatable bonds is 16. The summed E-state index contributed by atoms with van der Waals surface area (Å²) in [6.45, 7) is -0.278. The molecule has 7 rings (SSSR count). The van der Waals surface area contributed by atoms with Crippen LogP contribution in [-0.4, -0.2) is 76.1 Å². The molecule has 0 radical (unpaired) electrons. The molecule has 2 aliphatic rings. The highest BCUT2D eigenvalue weighted by Crippen LogP contribution is 2.64. The van der Waals surface area contributed by atoms with Crippen LogP contribution in [0.2, 0.25) is 0 Å². The van der Waals surface area contributed by atoms with Gasteiger partial charge < -0.3 is 28.2 Å². The normalized spacial score (nSPS) is 22.3. The Morgan fingerprint density at radius 1 is 0.758 bits per heavy atom. The summed E-state index contributed by atoms with van der Waals surface area (Å²) >= 11 is 0.863. The largest absolute Gasteiger partial charge is 0.497 e. The van der Waals surface area contributed by atoms with E-state index in [0.717, 1.165) is 28.1 Å². The van der Waals surface area contributed by atoms with Crippen LogP contribution in [0.5, 0.6) is 5.75 Å². The van der Waals surface area contributed by atoms with Crippen molar-refractivity contribution in [1.29, 1.82) is 0 Å². The minimum Gasteiger partial charge on any atom is -0.497 e. The predicted octanol–water partition coefficient (Wildman–Crippen LogP) is 5.10. The molecule has 1 unspecified atom stereocenters. The Morgan fingerprint density at radius 2 is 1.27 bits per heavy atom. The first-order valence-corrected chi connectivity index (χ1v) is 22.8. The van der Waals surface area contributed by atoms with Crippen LogP contribution in [0, 0.1) is 13.8 Å². The van der Waals surface area contributed by atoms with Crippen molar-refractivity contribution in [2.75, 3.05) is 27.4 Å². The highest BCUT2D eigenvalue weighted by molar-refractivity contribution is 8.55. The van der Waals surface area contributed by atoms with E-state index in [1.807, 2.05) is 84.9 Å². The van der Waals surface area contributed by atoms with E-state index in [2.05, 4.69) is 9.97 Å². The molecule has 19 heteroatoms. The molecular formula is C43H47N4O13PS. The van der Waals surface area contributed by atoms with E-state index in [4.69, 9.17) is 32.7 Å². The highest BCUT2D eigenvalue weighted by atomic mass is 32.7. The lowest BCUT2D eigenvalue weighted by molar-refractivity contribution is -0.150. The van der Waals surface area contributed by atoms with Gasteiger partial charge in [0.1, 0.15) is 36.0 Å². The van der Waals surface area contributed by atoms with Gasteiger partial charge in [-0.15, -0.1) is 0 Å². The van der Waals surface area contributed by atoms with Gasteiger partial charge in [0.15, 0.2) is 0 Å². The molecule has 17 nitrogen and oxygen atoms in total. The van der Waals surface area contributed by atoms with Crippen LogP contribution >= 0.6 is 18.2 Å². The summed E-state index contributed by atoms with van der Waals surface area (Å²) in [5.74, 6) is 0.0391. The van der Waals surface area contributed by atoms with Gasteiger partial charge in [-0.2, -0.15) is 0 Å². The molecule has 0 spiro atoms. The Balaban J connectivity index is 1.20. The fraction of sp³-hybridized carbons (Fsp3) is 0.372. The van der Waals surface area contributed by atoms with Crippen molar-refractivity contribution in [3.63, 3.8) is 0 Å². The zero-order chi connectivity index (χ0) is 44.2. The maximum atomic E-state index is 14.6. The van der Waals surface area contributed by atoms with E-state index in [-0.39, 0.29) is 37.2 Å². The molecule has 2 fully saturated rings. The van der Waals surface area contributed by atoms with Gasteiger partial charge in [0.2, 0.25) is 0 Å². The summed E-state index contributed by atoms with van der Waals surface area (Å²) in [6, 6.07) is 26.9. The predicted molar refractivity (Wildman–Crippen MR) is 228 cm³/mol. The van der Waals surface area contributed by atoms with Gasteiger partial charge in [0.05, 0.1) is 26.4 Å². The molecule has 2 aromatic heterocycles. The van der Waals surface area contributed by atoms with Gasteiger partial charge in [-0.25, -0.2) is 14.2 Å². The lowest BCUT2D eigenvalue weighted by Gasteiger charge is -2.37. The first kappa shape index (κ1) is 44.7. The third-order valence-electron chi connectivity index (χ3n) is 10.8. The smallest absolute Gasteiger partial charge is 0.389 e. The number of ether oxygens (including phenoxy) is 5. The molecule has 0 saturated carbocycles. The summed E-state index contributed by atoms with van der Waals surface area (Å²) in [4.78, 5) is 67.0. The standard InChI is InChI=1S/C43H47N4O13PS/c1-26-22-46(41(51)44-39(26)49)37-20-33(58-28(3)48)34(59-37)25-57-61(53,55-5)62-36-21-38(47-23-27(2)40(50)45-42(47)52)60-35(36)24-56-43(29-12-8-6-9-13-29,30-14-10-7-11-15-30)31-16-18-32(54-4)19-17-31/h6-19,22-23,33-38H,20-21,24-25H2,1-5H3,(H,44,49,51)(H,45,50,52)/t33-,34+,35+,36-,37+,38+,61?/m0/s1. The molecule has 2 aliphatic heterocycles. The minimum absolute atomic E-state index is 0.0348. The third kappa shape index (κ3) is 9.51. The van der Waals surface area contributed by atoms with Gasteiger partial charge in [0, 0.05) is 55.6 Å². The second kappa shape index (κ2) is 19.0. The van der Waals surface area contributed by atoms with Gasteiger partial charge in [-0.3, -0.25) is 38.0 Å². The Hall–Kier alpha value is -5.33. The van der Waals surface area contributed by atoms with Crippen molar-refractivity contribution in [1.82, 2.24) is 19.1 Å². The van der Waals surface area contributed by atoms with E-state index < -0.39 is 76.9 Å². The number of aryl methyl sites for hydroxylation is 2. The van der Waals surface area contributed by atoms with Crippen LogP contribution in [0.15, 0.2) is 117 Å². The molecule has 0 amide bonds. The Labute approximate surface area is 359 Å². The summed E-state index contributed by atoms with van der Waals surface area (Å²) < 4.78 is 59.6. The summed E-state index contributed by atoms with van der Waals surface area (Å²) in [6.07, 6.45) is -1.72. The van der Waals surface area contributed by atoms with Crippen molar-refractivity contribution in [2.24, 2.45) is 0 Å². The van der Waals surface area contributed by atoms with E-state index in [9.17, 15) is 28.5 Å². The SMILES string of the molecule is COc1ccc(C(OC[C@H]2O[C@@H](n3cc(C)c(=O)[nH]c3=O)C[C@@H]2SP(=O)(OC)OC[C@H]2O[C@@H](n3cc(C)c(=O)[nH]c3=O)C[C@@H]2OC(C)=O)(c2ccccc2)c2ccccc2)cc1. The van der Waals surface area contributed by atoms with Crippen LogP contribution in [0.25, 0.3) is 0 Å². The van der Waals surface area contributed by atoms with E-state index in [0.29, 0.717) is 5.75 Å². The van der Waals surface area contributed by atoms with Crippen LogP contribution in [-0.2, 0) is 43.0 Å². The van der Waals surface area contributed by atoms with E-state index in [1.54, 1.807) is 14.0 Å². The van der Waals surface area contributed by atoms with Gasteiger partial charge in [-0.05, 0) is 54.1 Å². The number of hydrogen-bond acceptors (Lipinski definition) is 14. The Bertz CT molecular complexity index is 2610. The van der Waals surface area contributed by atoms with Crippen LogP contribution in [0.4, 0.5) is 0 Å². The van der Waals surface area contributed by atoms with Crippen molar-refractivity contribution in [3.05, 3.63) is 167 Å². The van der Waals surface area contributed by atoms with Crippen LogP contribution in [0.1, 0.15) is 60.0 Å². The molecule has 2 saturated heterocycles. The second-order valence-corrected chi connectivity index (χ2v) is 19.2. The number of hydrogen-bond donors (Lipinski definition) is 2. The third-order valence-corrected chi connectivity index (χ3v) is 15.1. The molecule has 5 aromatic rings. The second-order valence-electron chi connectivity index (χ2n) is 14.9. The molecule has 7 atom stereocenters. The van der Waals surface area contributed by atoms with Crippen LogP contribution in [0.3, 0.4) is 0 Å². The summed E-state index contributed by atoms with van der Waals surface area (Å²) in [5, 5.41) is -0.700. The maximum Gasteiger partial charge on any atom is 0.389 e. The summed E-state index contributed by atoms with van der Waals surface area (Å²) in [5.41, 5.74) is -0.745. The monoisotopic (exact) mass is 890 g/mol. The van der Waals surface area contributed by atoms with Crippen LogP contribution < -0.4 is 27.2 Å². The van der Waals surface area contributed by atoms with Gasteiger partial charge in [0.25, 0.3) is 11.1 Å².